The molecule has 0 bridgehead atoms. The Labute approximate surface area is 88.9 Å². The number of nitrogens with one attached hydrogen (secondary N) is 2. The van der Waals surface area contributed by atoms with E-state index >= 15 is 0 Å². The average molecular weight is 217 g/mol. The van der Waals surface area contributed by atoms with Crippen molar-refractivity contribution in [3.05, 3.63) is 0 Å². The number of rotatable bonds is 1. The van der Waals surface area contributed by atoms with Gasteiger partial charge in [0.05, 0.1) is 12.1 Å². The van der Waals surface area contributed by atoms with Gasteiger partial charge in [-0.25, -0.2) is 0 Å². The van der Waals surface area contributed by atoms with Gasteiger partial charge >= 0.3 is 0 Å². The Morgan fingerprint density at radius 2 is 2.29 bits per heavy atom. The average Bonchev–Trinajstić information content (AvgIpc) is 2.47. The van der Waals surface area contributed by atoms with Crippen LogP contribution in [0.15, 0.2) is 0 Å². The summed E-state index contributed by atoms with van der Waals surface area (Å²) in [5.41, 5.74) is 0.0629. The molecule has 0 aromatic rings. The lowest BCUT2D eigenvalue weighted by atomic mass is 9.89. The number of likely N-dealkylation sites (tertiary alicyclic amines) is 1. The van der Waals surface area contributed by atoms with Crippen LogP contribution < -0.4 is 9.44 Å². The number of hydrogen-bond acceptors (Lipinski definition) is 4. The van der Waals surface area contributed by atoms with Crippen molar-refractivity contribution in [3.8, 4) is 0 Å². The van der Waals surface area contributed by atoms with Crippen LogP contribution in [-0.2, 0) is 11.5 Å². The lowest BCUT2D eigenvalue weighted by Gasteiger charge is -2.39. The highest BCUT2D eigenvalue weighted by atomic mass is 32.2. The van der Waals surface area contributed by atoms with E-state index in [2.05, 4.69) is 28.2 Å². The summed E-state index contributed by atoms with van der Waals surface area (Å²) in [6.07, 6.45) is 2.33. The van der Waals surface area contributed by atoms with E-state index in [-0.39, 0.29) is 5.54 Å². The Morgan fingerprint density at radius 1 is 1.50 bits per heavy atom. The van der Waals surface area contributed by atoms with Crippen LogP contribution in [0.1, 0.15) is 26.7 Å². The fraction of sp³-hybridized carbons (Fsp3) is 1.00. The van der Waals surface area contributed by atoms with Crippen molar-refractivity contribution >= 4 is 11.5 Å². The van der Waals surface area contributed by atoms with Gasteiger partial charge in [0.25, 0.3) is 0 Å². The zero-order valence-corrected chi connectivity index (χ0v) is 9.69. The molecular weight excluding hydrogens is 198 g/mol. The van der Waals surface area contributed by atoms with Crippen LogP contribution in [-0.4, -0.2) is 40.7 Å². The minimum atomic E-state index is -1.01. The summed E-state index contributed by atoms with van der Waals surface area (Å²) in [5.74, 6) is 0. The fourth-order valence-electron chi connectivity index (χ4n) is 2.31. The van der Waals surface area contributed by atoms with Crippen molar-refractivity contribution in [2.45, 2.75) is 38.3 Å². The minimum Gasteiger partial charge on any atom is -0.579 e. The Bertz CT molecular complexity index is 210. The highest BCUT2D eigenvalue weighted by molar-refractivity contribution is 7.87. The van der Waals surface area contributed by atoms with Gasteiger partial charge in [-0.15, -0.1) is 9.44 Å². The number of hydrogen-bond donors (Lipinski definition) is 2. The Kier molecular flexibility index (Phi) is 3.04. The van der Waals surface area contributed by atoms with E-state index in [0.29, 0.717) is 6.04 Å². The molecule has 5 heteroatoms. The molecule has 2 heterocycles. The van der Waals surface area contributed by atoms with Crippen LogP contribution >= 0.6 is 0 Å². The van der Waals surface area contributed by atoms with Gasteiger partial charge in [0.15, 0.2) is 0 Å². The first kappa shape index (κ1) is 10.7. The van der Waals surface area contributed by atoms with E-state index in [4.69, 9.17) is 0 Å². The third kappa shape index (κ3) is 2.06. The summed E-state index contributed by atoms with van der Waals surface area (Å²) >= 11 is -1.01. The van der Waals surface area contributed by atoms with Crippen molar-refractivity contribution in [1.82, 2.24) is 14.3 Å². The van der Waals surface area contributed by atoms with Crippen molar-refractivity contribution < 1.29 is 4.55 Å². The van der Waals surface area contributed by atoms with Crippen molar-refractivity contribution in [2.24, 2.45) is 0 Å². The van der Waals surface area contributed by atoms with Gasteiger partial charge in [0.1, 0.15) is 11.5 Å². The van der Waals surface area contributed by atoms with Gasteiger partial charge in [-0.2, -0.15) is 0 Å². The van der Waals surface area contributed by atoms with Gasteiger partial charge in [-0.05, 0) is 33.2 Å². The molecular formula is C9H19N3OS. The molecule has 1 spiro atoms. The largest absolute Gasteiger partial charge is 0.579 e. The first-order chi connectivity index (χ1) is 6.61. The second-order valence-corrected chi connectivity index (χ2v) is 5.67. The second-order valence-electron chi connectivity index (χ2n) is 4.64. The zero-order valence-electron chi connectivity index (χ0n) is 8.88. The number of piperidine rings is 1. The minimum absolute atomic E-state index is 0.0629. The summed E-state index contributed by atoms with van der Waals surface area (Å²) in [6.45, 7) is 7.47. The van der Waals surface area contributed by atoms with Crippen LogP contribution in [0.5, 0.6) is 0 Å². The molecule has 2 atom stereocenters. The lowest BCUT2D eigenvalue weighted by Crippen LogP contribution is -2.57. The molecule has 2 saturated heterocycles. The third-order valence-corrected chi connectivity index (χ3v) is 4.21. The van der Waals surface area contributed by atoms with Gasteiger partial charge in [-0.3, -0.25) is 4.90 Å². The smallest absolute Gasteiger partial charge is 0.135 e. The van der Waals surface area contributed by atoms with E-state index in [1.807, 2.05) is 0 Å². The molecule has 0 aliphatic carbocycles. The van der Waals surface area contributed by atoms with Gasteiger partial charge in [0.2, 0.25) is 0 Å². The van der Waals surface area contributed by atoms with E-state index in [9.17, 15) is 4.55 Å². The van der Waals surface area contributed by atoms with E-state index < -0.39 is 11.5 Å². The molecule has 2 rings (SSSR count). The molecule has 0 amide bonds. The predicted octanol–water partition coefficient (Wildman–Crippen LogP) is 0.000900. The van der Waals surface area contributed by atoms with Crippen molar-refractivity contribution in [3.63, 3.8) is 0 Å². The molecule has 2 fully saturated rings. The Balaban J connectivity index is 1.99. The quantitative estimate of drug-likeness (QED) is 0.607. The zero-order chi connectivity index (χ0) is 10.2. The van der Waals surface area contributed by atoms with Crippen LogP contribution in [0.25, 0.3) is 0 Å². The fourth-order valence-corrected chi connectivity index (χ4v) is 3.42. The van der Waals surface area contributed by atoms with E-state index in [0.717, 1.165) is 19.5 Å². The van der Waals surface area contributed by atoms with Crippen LogP contribution in [0.2, 0.25) is 0 Å². The Hall–Kier alpha value is 0.190. The maximum Gasteiger partial charge on any atom is 0.135 e. The van der Waals surface area contributed by atoms with Crippen LogP contribution in [0.4, 0.5) is 0 Å². The molecule has 0 saturated carbocycles. The molecule has 2 unspecified atom stereocenters. The molecule has 2 aliphatic rings. The van der Waals surface area contributed by atoms with Crippen LogP contribution in [0.3, 0.4) is 0 Å². The van der Waals surface area contributed by atoms with Gasteiger partial charge in [-0.1, -0.05) is 0 Å². The molecule has 2 aliphatic heterocycles. The molecule has 0 aromatic heterocycles. The topological polar surface area (TPSA) is 50.4 Å². The van der Waals surface area contributed by atoms with E-state index in [1.54, 1.807) is 0 Å². The highest BCUT2D eigenvalue weighted by Gasteiger charge is 2.45. The first-order valence-corrected chi connectivity index (χ1v) is 6.43. The molecule has 14 heavy (non-hydrogen) atoms. The van der Waals surface area contributed by atoms with Crippen LogP contribution in [0, 0.1) is 0 Å². The number of nitrogens with zero attached hydrogens (tertiary/aromatic N) is 1. The van der Waals surface area contributed by atoms with Gasteiger partial charge in [0, 0.05) is 12.6 Å². The molecule has 0 radical (unpaired) electrons. The summed E-state index contributed by atoms with van der Waals surface area (Å²) in [6, 6.07) is 0.586. The summed E-state index contributed by atoms with van der Waals surface area (Å²) in [5, 5.41) is 0. The monoisotopic (exact) mass is 217 g/mol. The molecule has 0 aromatic carbocycles. The standard InChI is InChI=1S/C9H19N3OS/c1-8(2)12-5-3-4-9(7-12)6-10-14(13)11-9/h8,10-11H,3-7H2,1-2H3. The Morgan fingerprint density at radius 3 is 2.86 bits per heavy atom. The highest BCUT2D eigenvalue weighted by Crippen LogP contribution is 2.25. The predicted molar refractivity (Wildman–Crippen MR) is 58.0 cm³/mol. The maximum absolute atomic E-state index is 11.3. The second kappa shape index (κ2) is 3.98. The molecule has 4 nitrogen and oxygen atoms in total. The van der Waals surface area contributed by atoms with Crippen molar-refractivity contribution in [1.29, 1.82) is 0 Å². The first-order valence-electron chi connectivity index (χ1n) is 5.28. The van der Waals surface area contributed by atoms with Crippen molar-refractivity contribution in [2.75, 3.05) is 19.6 Å². The summed E-state index contributed by atoms with van der Waals surface area (Å²) < 4.78 is 17.4. The SMILES string of the molecule is CC(C)N1CCCC2(CN[S+]([O-])N2)C1. The normalized spacial score (nSPS) is 39.9. The molecule has 82 valence electrons. The summed E-state index contributed by atoms with van der Waals surface area (Å²) in [4.78, 5) is 2.46. The maximum atomic E-state index is 11.3. The molecule has 2 N–H and O–H groups in total. The lowest BCUT2D eigenvalue weighted by molar-refractivity contribution is 0.118. The third-order valence-electron chi connectivity index (χ3n) is 3.19. The summed E-state index contributed by atoms with van der Waals surface area (Å²) in [7, 11) is 0. The van der Waals surface area contributed by atoms with E-state index in [1.165, 1.54) is 13.0 Å². The van der Waals surface area contributed by atoms with Gasteiger partial charge < -0.3 is 4.55 Å².